The first-order chi connectivity index (χ1) is 16.5. The Morgan fingerprint density at radius 3 is 1.38 bits per heavy atom. The minimum absolute atomic E-state index is 0.0938. The van der Waals surface area contributed by atoms with E-state index in [-0.39, 0.29) is 84.3 Å². The molecule has 0 aromatic heterocycles. The molecule has 4 bridgehead atoms. The van der Waals surface area contributed by atoms with Crippen LogP contribution in [0.2, 0.25) is 0 Å². The molecule has 0 radical (unpaired) electrons. The predicted molar refractivity (Wildman–Crippen MR) is 121 cm³/mol. The zero-order valence-electron chi connectivity index (χ0n) is 18.8. The second-order valence-corrected chi connectivity index (χ2v) is 10.8. The Labute approximate surface area is 198 Å². The lowest BCUT2D eigenvalue weighted by molar-refractivity contribution is -0.146. The largest absolute Gasteiger partial charge is 0.274 e. The molecule has 0 N–H and O–H groups in total. The predicted octanol–water partition coefficient (Wildman–Crippen LogP) is 2.02. The van der Waals surface area contributed by atoms with Crippen LogP contribution < -0.4 is 0 Å². The van der Waals surface area contributed by atoms with Gasteiger partial charge in [0.1, 0.15) is 0 Å². The molecular formula is C27H27N3O4. The molecule has 2 saturated carbocycles. The van der Waals surface area contributed by atoms with E-state index in [1.807, 2.05) is 35.2 Å². The van der Waals surface area contributed by atoms with E-state index in [0.717, 1.165) is 18.4 Å². The Kier molecular flexibility index (Phi) is 4.31. The van der Waals surface area contributed by atoms with Gasteiger partial charge in [-0.05, 0) is 42.1 Å². The quantitative estimate of drug-likeness (QED) is 0.483. The highest BCUT2D eigenvalue weighted by Crippen LogP contribution is 2.53. The maximum absolute atomic E-state index is 13.3. The summed E-state index contributed by atoms with van der Waals surface area (Å²) in [5.41, 5.74) is 1.00. The minimum Gasteiger partial charge on any atom is -0.274 e. The van der Waals surface area contributed by atoms with Crippen LogP contribution in [-0.2, 0) is 25.7 Å². The Balaban J connectivity index is 1.14. The van der Waals surface area contributed by atoms with Crippen LogP contribution in [0.1, 0.15) is 18.4 Å². The standard InChI is InChI=1S/C27H27N3O4/c31-24-20-16-6-7-17(10-16)21(20)25(32)29(24)13-28(12-15-4-2-1-3-5-15)14-30-26(33)22-18-8-9-19(11-18)23(22)27(30)34/h1-9,16-23H,10-14H2/t16-,17-,18-,19-,20+,21+,22+,23+/m0/s1. The number of likely N-dealkylation sites (tertiary alicyclic amines) is 2. The summed E-state index contributed by atoms with van der Waals surface area (Å²) in [6.45, 7) is 0.628. The molecule has 174 valence electrons. The van der Waals surface area contributed by atoms with Crippen molar-refractivity contribution in [2.75, 3.05) is 13.3 Å². The van der Waals surface area contributed by atoms with E-state index in [4.69, 9.17) is 0 Å². The number of carbonyl (C=O) groups is 4. The lowest BCUT2D eigenvalue weighted by atomic mass is 9.85. The summed E-state index contributed by atoms with van der Waals surface area (Å²) in [7, 11) is 0. The molecule has 4 fully saturated rings. The van der Waals surface area contributed by atoms with Crippen molar-refractivity contribution < 1.29 is 19.2 Å². The van der Waals surface area contributed by atoms with E-state index >= 15 is 0 Å². The molecule has 8 atom stereocenters. The fraction of sp³-hybridized carbons (Fsp3) is 0.481. The first-order valence-electron chi connectivity index (χ1n) is 12.3. The lowest BCUT2D eigenvalue weighted by Gasteiger charge is -2.31. The minimum atomic E-state index is -0.253. The van der Waals surface area contributed by atoms with E-state index in [1.54, 1.807) is 0 Å². The van der Waals surface area contributed by atoms with Crippen LogP contribution in [-0.4, -0.2) is 51.7 Å². The van der Waals surface area contributed by atoms with Crippen molar-refractivity contribution in [3.8, 4) is 0 Å². The van der Waals surface area contributed by atoms with Gasteiger partial charge in [0.25, 0.3) is 0 Å². The van der Waals surface area contributed by atoms with Gasteiger partial charge < -0.3 is 0 Å². The van der Waals surface area contributed by atoms with Gasteiger partial charge in [-0.25, -0.2) is 0 Å². The smallest absolute Gasteiger partial charge is 0.234 e. The van der Waals surface area contributed by atoms with Crippen LogP contribution in [0.25, 0.3) is 0 Å². The van der Waals surface area contributed by atoms with Crippen molar-refractivity contribution in [3.05, 3.63) is 60.2 Å². The lowest BCUT2D eigenvalue weighted by Crippen LogP contribution is -2.48. The third-order valence-corrected chi connectivity index (χ3v) is 9.06. The van der Waals surface area contributed by atoms with Crippen LogP contribution in [0.15, 0.2) is 54.6 Å². The number of rotatable bonds is 6. The maximum Gasteiger partial charge on any atom is 0.234 e. The summed E-state index contributed by atoms with van der Waals surface area (Å²) in [5.74, 6) is -0.821. The Morgan fingerprint density at radius 2 is 1.00 bits per heavy atom. The second-order valence-electron chi connectivity index (χ2n) is 10.8. The van der Waals surface area contributed by atoms with Gasteiger partial charge in [0.05, 0.1) is 37.0 Å². The van der Waals surface area contributed by atoms with Crippen molar-refractivity contribution in [1.29, 1.82) is 0 Å². The monoisotopic (exact) mass is 457 g/mol. The number of amides is 4. The number of fused-ring (bicyclic) bond motifs is 10. The van der Waals surface area contributed by atoms with Gasteiger partial charge in [-0.3, -0.25) is 33.9 Å². The number of hydrogen-bond donors (Lipinski definition) is 0. The molecule has 0 spiro atoms. The molecule has 7 rings (SSSR count). The highest BCUT2D eigenvalue weighted by atomic mass is 16.2. The normalized spacial score (nSPS) is 38.9. The number of carbonyl (C=O) groups excluding carboxylic acids is 4. The van der Waals surface area contributed by atoms with Crippen LogP contribution in [0, 0.1) is 47.3 Å². The third-order valence-electron chi connectivity index (χ3n) is 9.06. The number of benzene rings is 1. The van der Waals surface area contributed by atoms with Crippen molar-refractivity contribution in [2.45, 2.75) is 19.4 Å². The summed E-state index contributed by atoms with van der Waals surface area (Å²) in [6.07, 6.45) is 10.1. The van der Waals surface area contributed by atoms with Crippen LogP contribution in [0.5, 0.6) is 0 Å². The second kappa shape index (κ2) is 7.22. The third kappa shape index (κ3) is 2.73. The fourth-order valence-corrected chi connectivity index (χ4v) is 7.59. The van der Waals surface area contributed by atoms with Gasteiger partial charge in [-0.15, -0.1) is 0 Å². The molecule has 1 aromatic carbocycles. The SMILES string of the molecule is O=C1[C@H]2[C@H](C(=O)N1CN(Cc1ccccc1)CN1C(=O)[C@H]3[C@H](C1=O)[C@H]1C=C[C@H]3C1)[C@H]1C=C[C@H]2C1. The average molecular weight is 458 g/mol. The zero-order chi connectivity index (χ0) is 23.1. The Hall–Kier alpha value is -3.06. The van der Waals surface area contributed by atoms with Crippen molar-refractivity contribution in [2.24, 2.45) is 47.3 Å². The molecule has 0 unspecified atom stereocenters. The molecule has 4 amide bonds. The van der Waals surface area contributed by atoms with Crippen molar-refractivity contribution in [1.82, 2.24) is 14.7 Å². The Morgan fingerprint density at radius 1 is 0.618 bits per heavy atom. The molecular weight excluding hydrogens is 430 g/mol. The number of imide groups is 2. The number of hydrogen-bond acceptors (Lipinski definition) is 5. The molecule has 7 nitrogen and oxygen atoms in total. The van der Waals surface area contributed by atoms with E-state index in [1.165, 1.54) is 9.80 Å². The first kappa shape index (κ1) is 20.3. The molecule has 6 aliphatic rings. The molecule has 2 heterocycles. The maximum atomic E-state index is 13.3. The van der Waals surface area contributed by atoms with Crippen molar-refractivity contribution >= 4 is 23.6 Å². The summed E-state index contributed by atoms with van der Waals surface area (Å²) in [6, 6.07) is 9.77. The van der Waals surface area contributed by atoms with Gasteiger partial charge in [-0.2, -0.15) is 0 Å². The molecule has 4 aliphatic carbocycles. The number of nitrogens with zero attached hydrogens (tertiary/aromatic N) is 3. The first-order valence-corrected chi connectivity index (χ1v) is 12.3. The van der Waals surface area contributed by atoms with E-state index in [0.29, 0.717) is 6.54 Å². The summed E-state index contributed by atoms with van der Waals surface area (Å²) in [4.78, 5) is 57.8. The van der Waals surface area contributed by atoms with Gasteiger partial charge in [0, 0.05) is 6.54 Å². The van der Waals surface area contributed by atoms with Crippen LogP contribution in [0.3, 0.4) is 0 Å². The highest BCUT2D eigenvalue weighted by Gasteiger charge is 2.61. The highest BCUT2D eigenvalue weighted by molar-refractivity contribution is 6.07. The summed E-state index contributed by atoms with van der Waals surface area (Å²) >= 11 is 0. The molecule has 2 aliphatic heterocycles. The van der Waals surface area contributed by atoms with Gasteiger partial charge in [0.2, 0.25) is 23.6 Å². The van der Waals surface area contributed by atoms with Crippen LogP contribution >= 0.6 is 0 Å². The summed E-state index contributed by atoms with van der Waals surface area (Å²) < 4.78 is 0. The molecule has 1 aromatic rings. The molecule has 2 saturated heterocycles. The topological polar surface area (TPSA) is 78.0 Å². The zero-order valence-corrected chi connectivity index (χ0v) is 18.8. The van der Waals surface area contributed by atoms with Gasteiger partial charge in [-0.1, -0.05) is 54.6 Å². The van der Waals surface area contributed by atoms with E-state index in [2.05, 4.69) is 24.3 Å². The molecule has 7 heteroatoms. The number of allylic oxidation sites excluding steroid dienone is 4. The van der Waals surface area contributed by atoms with Gasteiger partial charge >= 0.3 is 0 Å². The van der Waals surface area contributed by atoms with Gasteiger partial charge in [0.15, 0.2) is 0 Å². The average Bonchev–Trinajstić information content (AvgIpc) is 3.68. The molecule has 34 heavy (non-hydrogen) atoms. The Bertz CT molecular complexity index is 1030. The van der Waals surface area contributed by atoms with Crippen LogP contribution in [0.4, 0.5) is 0 Å². The van der Waals surface area contributed by atoms with E-state index < -0.39 is 0 Å². The van der Waals surface area contributed by atoms with Crippen molar-refractivity contribution in [3.63, 3.8) is 0 Å². The summed E-state index contributed by atoms with van der Waals surface area (Å²) in [5, 5.41) is 0. The fourth-order valence-electron chi connectivity index (χ4n) is 7.59. The van der Waals surface area contributed by atoms with E-state index in [9.17, 15) is 19.2 Å².